The second-order valence-electron chi connectivity index (χ2n) is 4.55. The summed E-state index contributed by atoms with van der Waals surface area (Å²) < 4.78 is 30.4. The van der Waals surface area contributed by atoms with Gasteiger partial charge in [-0.3, -0.25) is 0 Å². The van der Waals surface area contributed by atoms with Crippen molar-refractivity contribution in [1.82, 2.24) is 0 Å². The van der Waals surface area contributed by atoms with Gasteiger partial charge in [0, 0.05) is 8.95 Å². The van der Waals surface area contributed by atoms with Gasteiger partial charge in [-0.15, -0.1) is 0 Å². The van der Waals surface area contributed by atoms with Gasteiger partial charge in [0.1, 0.15) is 5.75 Å². The van der Waals surface area contributed by atoms with Crippen LogP contribution in [0.4, 0.5) is 8.78 Å². The number of hydrogen-bond acceptors (Lipinski definition) is 2. The SMILES string of the molecule is Cc1cc(Br)c(C(N)c2ccc(OC(F)F)cc2)cc1Br. The number of ether oxygens (including phenoxy) is 1. The van der Waals surface area contributed by atoms with Gasteiger partial charge in [0.15, 0.2) is 0 Å². The summed E-state index contributed by atoms with van der Waals surface area (Å²) >= 11 is 6.98. The molecule has 0 bridgehead atoms. The second-order valence-corrected chi connectivity index (χ2v) is 6.26. The maximum atomic E-state index is 12.1. The molecule has 2 rings (SSSR count). The Kier molecular flexibility index (Phi) is 5.35. The molecule has 0 saturated heterocycles. The van der Waals surface area contributed by atoms with Crippen LogP contribution in [-0.4, -0.2) is 6.61 Å². The molecule has 0 fully saturated rings. The summed E-state index contributed by atoms with van der Waals surface area (Å²) in [5.41, 5.74) is 9.07. The first-order valence-corrected chi connectivity index (χ1v) is 7.73. The lowest BCUT2D eigenvalue weighted by Gasteiger charge is -2.16. The highest BCUT2D eigenvalue weighted by Gasteiger charge is 2.14. The van der Waals surface area contributed by atoms with Gasteiger partial charge >= 0.3 is 6.61 Å². The number of halogens is 4. The van der Waals surface area contributed by atoms with Gasteiger partial charge < -0.3 is 10.5 Å². The maximum Gasteiger partial charge on any atom is 0.387 e. The molecule has 0 saturated carbocycles. The van der Waals surface area contributed by atoms with Crippen molar-refractivity contribution < 1.29 is 13.5 Å². The molecular formula is C15H13Br2F2NO. The molecule has 1 unspecified atom stereocenters. The molecule has 0 spiro atoms. The summed E-state index contributed by atoms with van der Waals surface area (Å²) in [5.74, 6) is 0.116. The lowest BCUT2D eigenvalue weighted by Crippen LogP contribution is -2.13. The predicted octanol–water partition coefficient (Wildman–Crippen LogP) is 5.17. The predicted molar refractivity (Wildman–Crippen MR) is 85.7 cm³/mol. The third-order valence-electron chi connectivity index (χ3n) is 3.08. The van der Waals surface area contributed by atoms with Crippen LogP contribution in [0.3, 0.4) is 0 Å². The van der Waals surface area contributed by atoms with E-state index in [4.69, 9.17) is 5.73 Å². The number of alkyl halides is 2. The monoisotopic (exact) mass is 419 g/mol. The van der Waals surface area contributed by atoms with E-state index >= 15 is 0 Å². The zero-order valence-corrected chi connectivity index (χ0v) is 14.3. The van der Waals surface area contributed by atoms with Crippen molar-refractivity contribution >= 4 is 31.9 Å². The normalized spacial score (nSPS) is 12.5. The number of benzene rings is 2. The third kappa shape index (κ3) is 4.02. The minimum absolute atomic E-state index is 0.116. The first-order chi connectivity index (χ1) is 9.88. The van der Waals surface area contributed by atoms with Crippen LogP contribution in [0.1, 0.15) is 22.7 Å². The Morgan fingerprint density at radius 2 is 1.67 bits per heavy atom. The number of nitrogens with two attached hydrogens (primary N) is 1. The smallest absolute Gasteiger partial charge is 0.387 e. The summed E-state index contributed by atoms with van der Waals surface area (Å²) in [6, 6.07) is 9.90. The zero-order valence-electron chi connectivity index (χ0n) is 11.1. The molecule has 2 aromatic carbocycles. The van der Waals surface area contributed by atoms with Crippen LogP contribution >= 0.6 is 31.9 Å². The largest absolute Gasteiger partial charge is 0.435 e. The molecule has 21 heavy (non-hydrogen) atoms. The highest BCUT2D eigenvalue weighted by Crippen LogP contribution is 2.32. The Hall–Kier alpha value is -0.980. The highest BCUT2D eigenvalue weighted by atomic mass is 79.9. The van der Waals surface area contributed by atoms with Crippen molar-refractivity contribution in [2.45, 2.75) is 19.6 Å². The van der Waals surface area contributed by atoms with Crippen LogP contribution in [-0.2, 0) is 0 Å². The summed E-state index contributed by atoms with van der Waals surface area (Å²) in [6.07, 6.45) is 0. The van der Waals surface area contributed by atoms with Crippen LogP contribution in [0, 0.1) is 6.92 Å². The van der Waals surface area contributed by atoms with E-state index in [9.17, 15) is 8.78 Å². The Balaban J connectivity index is 2.27. The summed E-state index contributed by atoms with van der Waals surface area (Å²) in [6.45, 7) is -0.840. The number of rotatable bonds is 4. The molecule has 0 heterocycles. The van der Waals surface area contributed by atoms with Crippen molar-refractivity contribution in [1.29, 1.82) is 0 Å². The molecule has 2 aromatic rings. The van der Waals surface area contributed by atoms with Crippen LogP contribution in [0.25, 0.3) is 0 Å². The Labute approximate surface area is 138 Å². The van der Waals surface area contributed by atoms with E-state index in [0.717, 1.165) is 25.6 Å². The first kappa shape index (κ1) is 16.4. The summed E-state index contributed by atoms with van der Waals surface area (Å²) in [5, 5.41) is 0. The highest BCUT2D eigenvalue weighted by molar-refractivity contribution is 9.11. The van der Waals surface area contributed by atoms with Gasteiger partial charge in [0.25, 0.3) is 0 Å². The quantitative estimate of drug-likeness (QED) is 0.740. The molecular weight excluding hydrogens is 408 g/mol. The van der Waals surface area contributed by atoms with Gasteiger partial charge in [-0.05, 0) is 47.9 Å². The minimum atomic E-state index is -2.83. The van der Waals surface area contributed by atoms with Crippen molar-refractivity contribution in [2.24, 2.45) is 5.73 Å². The van der Waals surface area contributed by atoms with Gasteiger partial charge in [0.2, 0.25) is 0 Å². The lowest BCUT2D eigenvalue weighted by molar-refractivity contribution is -0.0498. The van der Waals surface area contributed by atoms with Crippen molar-refractivity contribution in [2.75, 3.05) is 0 Å². The Morgan fingerprint density at radius 1 is 1.05 bits per heavy atom. The van der Waals surface area contributed by atoms with E-state index < -0.39 is 6.61 Å². The Morgan fingerprint density at radius 3 is 2.24 bits per heavy atom. The van der Waals surface area contributed by atoms with E-state index in [-0.39, 0.29) is 11.8 Å². The first-order valence-electron chi connectivity index (χ1n) is 6.14. The van der Waals surface area contributed by atoms with Crippen molar-refractivity contribution in [3.63, 3.8) is 0 Å². The zero-order chi connectivity index (χ0) is 15.6. The fraction of sp³-hybridized carbons (Fsp3) is 0.200. The molecule has 112 valence electrons. The number of hydrogen-bond donors (Lipinski definition) is 1. The van der Waals surface area contributed by atoms with Gasteiger partial charge in [-0.2, -0.15) is 8.78 Å². The molecule has 2 nitrogen and oxygen atoms in total. The van der Waals surface area contributed by atoms with Crippen LogP contribution < -0.4 is 10.5 Å². The van der Waals surface area contributed by atoms with E-state index in [2.05, 4.69) is 36.6 Å². The lowest BCUT2D eigenvalue weighted by atomic mass is 9.99. The number of aryl methyl sites for hydroxylation is 1. The second kappa shape index (κ2) is 6.85. The van der Waals surface area contributed by atoms with Gasteiger partial charge in [-0.25, -0.2) is 0 Å². The van der Waals surface area contributed by atoms with Crippen molar-refractivity contribution in [3.05, 3.63) is 62.0 Å². The average Bonchev–Trinajstić information content (AvgIpc) is 2.42. The molecule has 0 aliphatic heterocycles. The van der Waals surface area contributed by atoms with Gasteiger partial charge in [0.05, 0.1) is 6.04 Å². The third-order valence-corrected chi connectivity index (χ3v) is 4.62. The van der Waals surface area contributed by atoms with E-state index in [1.54, 1.807) is 12.1 Å². The van der Waals surface area contributed by atoms with Crippen molar-refractivity contribution in [3.8, 4) is 5.75 Å². The molecule has 1 atom stereocenters. The maximum absolute atomic E-state index is 12.1. The average molecular weight is 421 g/mol. The molecule has 0 aliphatic rings. The Bertz CT molecular complexity index is 632. The van der Waals surface area contributed by atoms with Crippen LogP contribution in [0.15, 0.2) is 45.3 Å². The summed E-state index contributed by atoms with van der Waals surface area (Å²) in [7, 11) is 0. The van der Waals surface area contributed by atoms with E-state index in [0.29, 0.717) is 0 Å². The standard InChI is InChI=1S/C15H13Br2F2NO/c1-8-6-13(17)11(7-12(8)16)14(20)9-2-4-10(5-3-9)21-15(18)19/h2-7,14-15H,20H2,1H3. The van der Waals surface area contributed by atoms with E-state index in [1.807, 2.05) is 19.1 Å². The summed E-state index contributed by atoms with van der Waals surface area (Å²) in [4.78, 5) is 0. The molecule has 0 aliphatic carbocycles. The molecule has 2 N–H and O–H groups in total. The fourth-order valence-corrected chi connectivity index (χ4v) is 3.00. The molecule has 0 amide bonds. The fourth-order valence-electron chi connectivity index (χ4n) is 1.94. The molecule has 0 radical (unpaired) electrons. The molecule has 0 aromatic heterocycles. The molecule has 6 heteroatoms. The minimum Gasteiger partial charge on any atom is -0.435 e. The van der Waals surface area contributed by atoms with E-state index in [1.165, 1.54) is 12.1 Å². The topological polar surface area (TPSA) is 35.2 Å². The van der Waals surface area contributed by atoms with Crippen LogP contribution in [0.5, 0.6) is 5.75 Å². The van der Waals surface area contributed by atoms with Gasteiger partial charge in [-0.1, -0.05) is 44.0 Å². The van der Waals surface area contributed by atoms with Crippen LogP contribution in [0.2, 0.25) is 0 Å².